The van der Waals surface area contributed by atoms with Crippen molar-refractivity contribution in [3.05, 3.63) is 35.4 Å². The first-order chi connectivity index (χ1) is 12.5. The van der Waals surface area contributed by atoms with Gasteiger partial charge in [0, 0.05) is 6.54 Å². The molecule has 1 unspecified atom stereocenters. The highest BCUT2D eigenvalue weighted by Gasteiger charge is 2.31. The summed E-state index contributed by atoms with van der Waals surface area (Å²) < 4.78 is 36.3. The highest BCUT2D eigenvalue weighted by molar-refractivity contribution is 5.84. The number of nitrogens with one attached hydrogen (secondary N) is 2. The van der Waals surface area contributed by atoms with Gasteiger partial charge in [-0.05, 0) is 29.4 Å². The lowest BCUT2D eigenvalue weighted by Gasteiger charge is -2.26. The number of halogens is 3. The van der Waals surface area contributed by atoms with E-state index in [9.17, 15) is 22.8 Å². The number of carbonyl (C=O) groups is 2. The SMILES string of the molecule is CC(C)(C)c1ccc(C2CCCN2C(=O)NCC(=O)NCC(F)(F)F)cc1. The lowest BCUT2D eigenvalue weighted by Crippen LogP contribution is -2.45. The summed E-state index contributed by atoms with van der Waals surface area (Å²) in [6.45, 7) is 5.03. The number of alkyl halides is 3. The standard InChI is InChI=1S/C19H26F3N3O2/c1-18(2,3)14-8-6-13(7-9-14)15-5-4-10-25(15)17(27)23-11-16(26)24-12-19(20,21)22/h6-9,15H,4-5,10-12H2,1-3H3,(H,23,27)(H,24,26). The van der Waals surface area contributed by atoms with Gasteiger partial charge >= 0.3 is 12.2 Å². The second kappa shape index (κ2) is 8.19. The van der Waals surface area contributed by atoms with Crippen LogP contribution in [-0.4, -0.2) is 42.6 Å². The maximum atomic E-state index is 12.4. The number of hydrogen-bond donors (Lipinski definition) is 2. The molecule has 5 nitrogen and oxygen atoms in total. The van der Waals surface area contributed by atoms with Gasteiger partial charge in [0.15, 0.2) is 0 Å². The third-order valence-corrected chi connectivity index (χ3v) is 4.56. The number of rotatable bonds is 4. The normalized spacial score (nSPS) is 17.7. The van der Waals surface area contributed by atoms with Crippen LogP contribution in [0.5, 0.6) is 0 Å². The zero-order chi connectivity index (χ0) is 20.2. The van der Waals surface area contributed by atoms with Crippen molar-refractivity contribution in [2.45, 2.75) is 51.2 Å². The fourth-order valence-corrected chi connectivity index (χ4v) is 3.08. The molecular formula is C19H26F3N3O2. The first-order valence-corrected chi connectivity index (χ1v) is 8.96. The molecule has 2 N–H and O–H groups in total. The average Bonchev–Trinajstić information content (AvgIpc) is 3.06. The van der Waals surface area contributed by atoms with Crippen LogP contribution in [0.2, 0.25) is 0 Å². The van der Waals surface area contributed by atoms with Crippen molar-refractivity contribution in [1.29, 1.82) is 0 Å². The summed E-state index contributed by atoms with van der Waals surface area (Å²) in [5.74, 6) is -0.869. The largest absolute Gasteiger partial charge is 0.405 e. The van der Waals surface area contributed by atoms with E-state index >= 15 is 0 Å². The van der Waals surface area contributed by atoms with Gasteiger partial charge in [0.1, 0.15) is 6.54 Å². The summed E-state index contributed by atoms with van der Waals surface area (Å²) in [5.41, 5.74) is 2.24. The fraction of sp³-hybridized carbons (Fsp3) is 0.579. The van der Waals surface area contributed by atoms with E-state index in [0.717, 1.165) is 18.4 Å². The van der Waals surface area contributed by atoms with E-state index in [1.807, 2.05) is 24.3 Å². The number of benzene rings is 1. The predicted molar refractivity (Wildman–Crippen MR) is 96.3 cm³/mol. The van der Waals surface area contributed by atoms with Gasteiger partial charge in [-0.25, -0.2) is 4.79 Å². The molecule has 3 amide bonds. The molecule has 8 heteroatoms. The molecule has 1 fully saturated rings. The summed E-state index contributed by atoms with van der Waals surface area (Å²) in [7, 11) is 0. The number of hydrogen-bond acceptors (Lipinski definition) is 2. The van der Waals surface area contributed by atoms with Gasteiger partial charge in [-0.15, -0.1) is 0 Å². The monoisotopic (exact) mass is 385 g/mol. The minimum absolute atomic E-state index is 0.0368. The van der Waals surface area contributed by atoms with Crippen LogP contribution in [0.4, 0.5) is 18.0 Å². The second-order valence-corrected chi connectivity index (χ2v) is 7.77. The van der Waals surface area contributed by atoms with Gasteiger partial charge in [0.25, 0.3) is 0 Å². The summed E-state index contributed by atoms with van der Waals surface area (Å²) in [6.07, 6.45) is -2.83. The van der Waals surface area contributed by atoms with Crippen molar-refractivity contribution >= 4 is 11.9 Å². The van der Waals surface area contributed by atoms with Gasteiger partial charge in [0.05, 0.1) is 12.6 Å². The van der Waals surface area contributed by atoms with Crippen molar-refractivity contribution < 1.29 is 22.8 Å². The summed E-state index contributed by atoms with van der Waals surface area (Å²) >= 11 is 0. The van der Waals surface area contributed by atoms with Crippen LogP contribution in [0.15, 0.2) is 24.3 Å². The third-order valence-electron chi connectivity index (χ3n) is 4.56. The second-order valence-electron chi connectivity index (χ2n) is 7.77. The van der Waals surface area contributed by atoms with E-state index in [1.54, 1.807) is 10.2 Å². The molecule has 1 aromatic carbocycles. The van der Waals surface area contributed by atoms with E-state index in [-0.39, 0.29) is 11.5 Å². The number of amides is 3. The van der Waals surface area contributed by atoms with Crippen molar-refractivity contribution in [3.63, 3.8) is 0 Å². The van der Waals surface area contributed by atoms with Crippen LogP contribution in [0.3, 0.4) is 0 Å². The smallest absolute Gasteiger partial charge is 0.345 e. The van der Waals surface area contributed by atoms with Crippen molar-refractivity contribution in [1.82, 2.24) is 15.5 Å². The molecule has 1 saturated heterocycles. The Morgan fingerprint density at radius 3 is 2.30 bits per heavy atom. The number of likely N-dealkylation sites (tertiary alicyclic amines) is 1. The minimum Gasteiger partial charge on any atom is -0.345 e. The number of carbonyl (C=O) groups excluding carboxylic acids is 2. The third kappa shape index (κ3) is 6.15. The van der Waals surface area contributed by atoms with Crippen LogP contribution in [0.1, 0.15) is 50.8 Å². The Morgan fingerprint density at radius 2 is 1.74 bits per heavy atom. The molecule has 1 heterocycles. The van der Waals surface area contributed by atoms with Crippen LogP contribution in [0.25, 0.3) is 0 Å². The Morgan fingerprint density at radius 1 is 1.11 bits per heavy atom. The Hall–Kier alpha value is -2.25. The zero-order valence-corrected chi connectivity index (χ0v) is 15.8. The van der Waals surface area contributed by atoms with Gasteiger partial charge in [0.2, 0.25) is 5.91 Å². The van der Waals surface area contributed by atoms with Crippen molar-refractivity contribution in [3.8, 4) is 0 Å². The van der Waals surface area contributed by atoms with Gasteiger partial charge in [-0.1, -0.05) is 45.0 Å². The molecule has 1 aliphatic rings. The van der Waals surface area contributed by atoms with E-state index in [0.29, 0.717) is 6.54 Å². The Balaban J connectivity index is 1.93. The van der Waals surface area contributed by atoms with Crippen molar-refractivity contribution in [2.24, 2.45) is 0 Å². The minimum atomic E-state index is -4.47. The first kappa shape index (κ1) is 21.1. The van der Waals surface area contributed by atoms with Crippen LogP contribution in [0, 0.1) is 0 Å². The molecule has 0 bridgehead atoms. The Bertz CT molecular complexity index is 666. The highest BCUT2D eigenvalue weighted by atomic mass is 19.4. The molecule has 0 aromatic heterocycles. The maximum absolute atomic E-state index is 12.4. The molecule has 0 radical (unpaired) electrons. The van der Waals surface area contributed by atoms with E-state index in [2.05, 4.69) is 26.1 Å². The molecule has 1 aromatic rings. The molecule has 0 spiro atoms. The molecule has 0 saturated carbocycles. The van der Waals surface area contributed by atoms with E-state index in [4.69, 9.17) is 0 Å². The maximum Gasteiger partial charge on any atom is 0.405 e. The topological polar surface area (TPSA) is 61.4 Å². The quantitative estimate of drug-likeness (QED) is 0.833. The Labute approximate surface area is 157 Å². The van der Waals surface area contributed by atoms with E-state index in [1.165, 1.54) is 5.56 Å². The van der Waals surface area contributed by atoms with Crippen molar-refractivity contribution in [2.75, 3.05) is 19.6 Å². The molecule has 1 atom stereocenters. The first-order valence-electron chi connectivity index (χ1n) is 8.96. The average molecular weight is 385 g/mol. The lowest BCUT2D eigenvalue weighted by molar-refractivity contribution is -0.137. The number of nitrogens with zero attached hydrogens (tertiary/aromatic N) is 1. The van der Waals surface area contributed by atoms with Crippen LogP contribution >= 0.6 is 0 Å². The lowest BCUT2D eigenvalue weighted by atomic mass is 9.86. The van der Waals surface area contributed by atoms with Crippen LogP contribution < -0.4 is 10.6 Å². The van der Waals surface area contributed by atoms with Gasteiger partial charge in [-0.3, -0.25) is 4.79 Å². The zero-order valence-electron chi connectivity index (χ0n) is 15.8. The molecule has 1 aliphatic heterocycles. The Kier molecular flexibility index (Phi) is 6.38. The summed E-state index contributed by atoms with van der Waals surface area (Å²) in [4.78, 5) is 25.4. The molecule has 2 rings (SSSR count). The van der Waals surface area contributed by atoms with Gasteiger partial charge < -0.3 is 15.5 Å². The highest BCUT2D eigenvalue weighted by Crippen LogP contribution is 2.33. The van der Waals surface area contributed by atoms with Gasteiger partial charge in [-0.2, -0.15) is 13.2 Å². The summed E-state index contributed by atoms with van der Waals surface area (Å²) in [6, 6.07) is 7.57. The molecule has 150 valence electrons. The number of urea groups is 1. The fourth-order valence-electron chi connectivity index (χ4n) is 3.08. The predicted octanol–water partition coefficient (Wildman–Crippen LogP) is 3.51. The molecule has 0 aliphatic carbocycles. The molecule has 27 heavy (non-hydrogen) atoms. The molecular weight excluding hydrogens is 359 g/mol. The van der Waals surface area contributed by atoms with Crippen LogP contribution in [-0.2, 0) is 10.2 Å². The summed E-state index contributed by atoms with van der Waals surface area (Å²) in [5, 5.41) is 4.14. The van der Waals surface area contributed by atoms with E-state index < -0.39 is 31.2 Å².